The first-order valence-electron chi connectivity index (χ1n) is 4.87. The average Bonchev–Trinajstić information content (AvgIpc) is 2.55. The Morgan fingerprint density at radius 2 is 2.08 bits per heavy atom. The van der Waals surface area contributed by atoms with Crippen molar-refractivity contribution in [3.05, 3.63) is 21.9 Å². The second-order valence-electron chi connectivity index (χ2n) is 3.19. The van der Waals surface area contributed by atoms with Crippen molar-refractivity contribution < 1.29 is 4.79 Å². The van der Waals surface area contributed by atoms with Crippen LogP contribution in [0, 0.1) is 5.92 Å². The molecule has 1 aliphatic rings. The molecule has 2 rings (SSSR count). The summed E-state index contributed by atoms with van der Waals surface area (Å²) >= 11 is 1.71. The van der Waals surface area contributed by atoms with Crippen molar-refractivity contribution in [2.24, 2.45) is 5.92 Å². The van der Waals surface area contributed by atoms with E-state index in [0.29, 0.717) is 11.7 Å². The van der Waals surface area contributed by atoms with Crippen LogP contribution in [0.15, 0.2) is 11.4 Å². The van der Waals surface area contributed by atoms with Crippen LogP contribution in [0.25, 0.3) is 0 Å². The fraction of sp³-hybridized carbons (Fsp3) is 0.545. The van der Waals surface area contributed by atoms with Crippen LogP contribution in [0.2, 0.25) is 0 Å². The molecule has 1 unspecified atom stereocenters. The molecule has 2 heteroatoms. The van der Waals surface area contributed by atoms with Gasteiger partial charge in [-0.1, -0.05) is 20.8 Å². The Balaban J connectivity index is 0.000000396. The quantitative estimate of drug-likeness (QED) is 0.620. The second kappa shape index (κ2) is 4.56. The summed E-state index contributed by atoms with van der Waals surface area (Å²) in [5, 5.41) is 2.01. The lowest BCUT2D eigenvalue weighted by atomic mass is 9.90. The highest BCUT2D eigenvalue weighted by atomic mass is 32.1. The summed E-state index contributed by atoms with van der Waals surface area (Å²) < 4.78 is 0. The molecule has 0 bridgehead atoms. The Labute approximate surface area is 83.8 Å². The van der Waals surface area contributed by atoms with Gasteiger partial charge in [-0.3, -0.25) is 4.79 Å². The summed E-state index contributed by atoms with van der Waals surface area (Å²) in [5.74, 6) is 0.883. The number of carbonyl (C=O) groups is 1. The van der Waals surface area contributed by atoms with E-state index in [-0.39, 0.29) is 0 Å². The molecule has 0 N–H and O–H groups in total. The van der Waals surface area contributed by atoms with Crippen LogP contribution in [0.5, 0.6) is 0 Å². The molecule has 1 aromatic rings. The molecule has 0 saturated carbocycles. The predicted molar refractivity (Wildman–Crippen MR) is 57.5 cm³/mol. The molecule has 0 aliphatic heterocycles. The lowest BCUT2D eigenvalue weighted by molar-refractivity contribution is 0.0954. The summed E-state index contributed by atoms with van der Waals surface area (Å²) in [6.07, 6.45) is 1.84. The summed E-state index contributed by atoms with van der Waals surface area (Å²) in [6, 6.07) is 1.95. The number of fused-ring (bicyclic) bond motifs is 1. The van der Waals surface area contributed by atoms with Gasteiger partial charge in [0.05, 0.1) is 0 Å². The number of Topliss-reactive ketones (excluding diaryl/α,β-unsaturated/α-hetero) is 1. The molecule has 1 nitrogen and oxygen atoms in total. The van der Waals surface area contributed by atoms with Crippen molar-refractivity contribution in [2.45, 2.75) is 33.6 Å². The summed E-state index contributed by atoms with van der Waals surface area (Å²) in [7, 11) is 0. The molecule has 1 heterocycles. The smallest absolute Gasteiger partial charge is 0.164 e. The molecular formula is C11H16OS. The largest absolute Gasteiger partial charge is 0.294 e. The minimum atomic E-state index is 0.333. The van der Waals surface area contributed by atoms with Gasteiger partial charge in [0.2, 0.25) is 0 Å². The normalized spacial score (nSPS) is 20.2. The molecule has 0 aromatic carbocycles. The van der Waals surface area contributed by atoms with Gasteiger partial charge >= 0.3 is 0 Å². The first-order chi connectivity index (χ1) is 6.27. The minimum absolute atomic E-state index is 0.333. The molecule has 0 radical (unpaired) electrons. The zero-order chi connectivity index (χ0) is 9.84. The van der Waals surface area contributed by atoms with E-state index >= 15 is 0 Å². The van der Waals surface area contributed by atoms with E-state index in [4.69, 9.17) is 0 Å². The van der Waals surface area contributed by atoms with Gasteiger partial charge in [-0.2, -0.15) is 0 Å². The molecule has 1 aromatic heterocycles. The third-order valence-electron chi connectivity index (χ3n) is 2.11. The fourth-order valence-electron chi connectivity index (χ4n) is 1.56. The molecule has 0 fully saturated rings. The Morgan fingerprint density at radius 1 is 1.38 bits per heavy atom. The molecule has 13 heavy (non-hydrogen) atoms. The van der Waals surface area contributed by atoms with Gasteiger partial charge in [0.25, 0.3) is 0 Å². The average molecular weight is 196 g/mol. The highest BCUT2D eigenvalue weighted by Gasteiger charge is 2.22. The van der Waals surface area contributed by atoms with E-state index in [1.165, 1.54) is 4.88 Å². The van der Waals surface area contributed by atoms with E-state index in [1.807, 2.05) is 25.3 Å². The Morgan fingerprint density at radius 3 is 2.77 bits per heavy atom. The van der Waals surface area contributed by atoms with Crippen LogP contribution in [-0.2, 0) is 6.42 Å². The topological polar surface area (TPSA) is 17.1 Å². The van der Waals surface area contributed by atoms with Crippen molar-refractivity contribution in [3.63, 3.8) is 0 Å². The van der Waals surface area contributed by atoms with Gasteiger partial charge in [0.15, 0.2) is 5.78 Å². The molecule has 72 valence electrons. The number of hydrogen-bond acceptors (Lipinski definition) is 2. The first kappa shape index (κ1) is 10.5. The number of hydrogen-bond donors (Lipinski definition) is 0. The van der Waals surface area contributed by atoms with Crippen LogP contribution in [0.3, 0.4) is 0 Å². The van der Waals surface area contributed by atoms with Crippen molar-refractivity contribution in [3.8, 4) is 0 Å². The zero-order valence-corrected chi connectivity index (χ0v) is 9.28. The van der Waals surface area contributed by atoms with Crippen LogP contribution in [-0.4, -0.2) is 5.78 Å². The van der Waals surface area contributed by atoms with Gasteiger partial charge in [-0.15, -0.1) is 11.3 Å². The third kappa shape index (κ3) is 2.19. The number of rotatable bonds is 0. The van der Waals surface area contributed by atoms with Gasteiger partial charge in [0, 0.05) is 16.9 Å². The Hall–Kier alpha value is -0.630. The first-order valence-corrected chi connectivity index (χ1v) is 5.75. The standard InChI is InChI=1S/C9H10OS.C2H6/c1-6-4-8(10)7-2-3-11-9(7)5-6;1-2/h2-3,6H,4-5H2,1H3;1-2H3. The summed E-state index contributed by atoms with van der Waals surface area (Å²) in [5.41, 5.74) is 0.980. The van der Waals surface area contributed by atoms with E-state index in [0.717, 1.165) is 18.4 Å². The van der Waals surface area contributed by atoms with Crippen molar-refractivity contribution in [1.29, 1.82) is 0 Å². The van der Waals surface area contributed by atoms with Crippen molar-refractivity contribution in [1.82, 2.24) is 0 Å². The van der Waals surface area contributed by atoms with Gasteiger partial charge in [-0.25, -0.2) is 0 Å². The molecular weight excluding hydrogens is 180 g/mol. The molecule has 1 atom stereocenters. The van der Waals surface area contributed by atoms with Crippen molar-refractivity contribution >= 4 is 17.1 Å². The summed E-state index contributed by atoms with van der Waals surface area (Å²) in [4.78, 5) is 12.6. The van der Waals surface area contributed by atoms with Crippen LogP contribution in [0.1, 0.15) is 42.4 Å². The van der Waals surface area contributed by atoms with Gasteiger partial charge in [-0.05, 0) is 23.8 Å². The maximum Gasteiger partial charge on any atom is 0.164 e. The zero-order valence-electron chi connectivity index (χ0n) is 8.46. The lowest BCUT2D eigenvalue weighted by Gasteiger charge is -2.15. The Kier molecular flexibility index (Phi) is 3.67. The van der Waals surface area contributed by atoms with E-state index in [9.17, 15) is 4.79 Å². The molecule has 0 spiro atoms. The maximum atomic E-state index is 11.4. The monoisotopic (exact) mass is 196 g/mol. The number of ketones is 1. The van der Waals surface area contributed by atoms with Gasteiger partial charge in [0.1, 0.15) is 0 Å². The number of carbonyl (C=O) groups excluding carboxylic acids is 1. The molecule has 1 aliphatic carbocycles. The van der Waals surface area contributed by atoms with Crippen LogP contribution < -0.4 is 0 Å². The van der Waals surface area contributed by atoms with Crippen LogP contribution in [0.4, 0.5) is 0 Å². The van der Waals surface area contributed by atoms with Gasteiger partial charge < -0.3 is 0 Å². The molecule has 0 saturated heterocycles. The highest BCUT2D eigenvalue weighted by Crippen LogP contribution is 2.28. The fourth-order valence-corrected chi connectivity index (χ4v) is 2.62. The minimum Gasteiger partial charge on any atom is -0.294 e. The lowest BCUT2D eigenvalue weighted by Crippen LogP contribution is -2.15. The Bertz CT molecular complexity index is 288. The SMILES string of the molecule is CC.CC1CC(=O)c2ccsc2C1. The third-order valence-corrected chi connectivity index (χ3v) is 3.06. The van der Waals surface area contributed by atoms with Crippen molar-refractivity contribution in [2.75, 3.05) is 0 Å². The van der Waals surface area contributed by atoms with Crippen LogP contribution >= 0.6 is 11.3 Å². The molecule has 0 amide bonds. The number of thiophene rings is 1. The van der Waals surface area contributed by atoms with E-state index in [2.05, 4.69) is 6.92 Å². The second-order valence-corrected chi connectivity index (χ2v) is 4.19. The van der Waals surface area contributed by atoms with E-state index < -0.39 is 0 Å². The predicted octanol–water partition coefficient (Wildman–Crippen LogP) is 3.54. The maximum absolute atomic E-state index is 11.4. The highest BCUT2D eigenvalue weighted by molar-refractivity contribution is 7.10. The summed E-state index contributed by atoms with van der Waals surface area (Å²) in [6.45, 7) is 6.14. The van der Waals surface area contributed by atoms with E-state index in [1.54, 1.807) is 11.3 Å².